The lowest BCUT2D eigenvalue weighted by atomic mass is 9.88. The third-order valence-corrected chi connectivity index (χ3v) is 8.11. The minimum atomic E-state index is -0.326. The van der Waals surface area contributed by atoms with Gasteiger partial charge in [-0.15, -0.1) is 0 Å². The molecule has 38 heavy (non-hydrogen) atoms. The number of primary amides is 1. The standard InChI is InChI=1S/C28H35N7O3/c1-15(29)14-35-10-8-20(9-11-35)38-19-6-4-16(5-7-19)27-33-25-24(21(36)13-31-28(25)34-27)32-23-18-3-2-17(12-18)22(23)26(30)37/h2-7,13,15,17-18,20,22-23,36H,8-12,14,29H2,1H3,(H2,30,37)(H2,31,32,33,34). The number of hydrogen-bond donors (Lipinski definition) is 5. The number of benzene rings is 1. The smallest absolute Gasteiger partial charge is 0.223 e. The summed E-state index contributed by atoms with van der Waals surface area (Å²) in [4.78, 5) is 26.9. The van der Waals surface area contributed by atoms with Gasteiger partial charge in [-0.3, -0.25) is 4.79 Å². The van der Waals surface area contributed by atoms with Gasteiger partial charge in [-0.2, -0.15) is 0 Å². The summed E-state index contributed by atoms with van der Waals surface area (Å²) in [6, 6.07) is 7.85. The number of fused-ring (bicyclic) bond motifs is 3. The molecule has 0 spiro atoms. The van der Waals surface area contributed by atoms with Crippen molar-refractivity contribution >= 4 is 22.8 Å². The fraction of sp³-hybridized carbons (Fsp3) is 0.464. The zero-order chi connectivity index (χ0) is 26.4. The zero-order valence-electron chi connectivity index (χ0n) is 21.5. The molecule has 2 bridgehead atoms. The van der Waals surface area contributed by atoms with E-state index in [2.05, 4.69) is 37.3 Å². The van der Waals surface area contributed by atoms with Crippen molar-refractivity contribution in [3.8, 4) is 22.9 Å². The van der Waals surface area contributed by atoms with Crippen molar-refractivity contribution in [2.45, 2.75) is 44.4 Å². The number of aromatic nitrogens is 3. The summed E-state index contributed by atoms with van der Waals surface area (Å²) >= 11 is 0. The predicted octanol–water partition coefficient (Wildman–Crippen LogP) is 2.61. The molecule has 1 saturated carbocycles. The van der Waals surface area contributed by atoms with Crippen molar-refractivity contribution in [1.29, 1.82) is 0 Å². The van der Waals surface area contributed by atoms with E-state index in [1.165, 1.54) is 6.20 Å². The molecule has 3 heterocycles. The molecule has 200 valence electrons. The molecule has 3 aromatic rings. The van der Waals surface area contributed by atoms with Crippen LogP contribution in [0.15, 0.2) is 42.6 Å². The molecule has 1 aliphatic heterocycles. The van der Waals surface area contributed by atoms with Crippen LogP contribution in [0.1, 0.15) is 26.2 Å². The molecule has 10 nitrogen and oxygen atoms in total. The summed E-state index contributed by atoms with van der Waals surface area (Å²) in [6.07, 6.45) is 8.64. The van der Waals surface area contributed by atoms with E-state index in [9.17, 15) is 9.90 Å². The number of nitrogens with two attached hydrogens (primary N) is 2. The molecule has 5 unspecified atom stereocenters. The number of allylic oxidation sites excluding steroid dienone is 1. The maximum absolute atomic E-state index is 12.2. The van der Waals surface area contributed by atoms with E-state index in [-0.39, 0.29) is 47.6 Å². The van der Waals surface area contributed by atoms with Gasteiger partial charge in [0.1, 0.15) is 28.9 Å². The lowest BCUT2D eigenvalue weighted by Crippen LogP contribution is -2.43. The van der Waals surface area contributed by atoms with Gasteiger partial charge in [0.05, 0.1) is 12.1 Å². The number of nitrogens with zero attached hydrogens (tertiary/aromatic N) is 3. The monoisotopic (exact) mass is 517 g/mol. The van der Waals surface area contributed by atoms with Gasteiger partial charge < -0.3 is 36.5 Å². The molecule has 1 aromatic carbocycles. The van der Waals surface area contributed by atoms with Crippen LogP contribution in [0.25, 0.3) is 22.6 Å². The molecule has 1 amide bonds. The Hall–Kier alpha value is -3.63. The first-order valence-electron chi connectivity index (χ1n) is 13.4. The first kappa shape index (κ1) is 24.7. The van der Waals surface area contributed by atoms with Crippen LogP contribution >= 0.6 is 0 Å². The summed E-state index contributed by atoms with van der Waals surface area (Å²) < 4.78 is 6.23. The number of imidazole rings is 1. The summed E-state index contributed by atoms with van der Waals surface area (Å²) in [5.41, 5.74) is 14.1. The molecule has 1 saturated heterocycles. The Balaban J connectivity index is 1.17. The van der Waals surface area contributed by atoms with Crippen molar-refractivity contribution in [3.63, 3.8) is 0 Å². The highest BCUT2D eigenvalue weighted by Gasteiger charge is 2.47. The van der Waals surface area contributed by atoms with E-state index in [1.54, 1.807) is 0 Å². The van der Waals surface area contributed by atoms with Crippen LogP contribution < -0.4 is 21.5 Å². The minimum Gasteiger partial charge on any atom is -0.504 e. The van der Waals surface area contributed by atoms with E-state index >= 15 is 0 Å². The van der Waals surface area contributed by atoms with Gasteiger partial charge in [0.2, 0.25) is 5.91 Å². The van der Waals surface area contributed by atoms with Crippen LogP contribution in [0.3, 0.4) is 0 Å². The number of piperidine rings is 1. The van der Waals surface area contributed by atoms with Gasteiger partial charge in [-0.1, -0.05) is 12.2 Å². The number of ether oxygens (including phenoxy) is 1. The summed E-state index contributed by atoms with van der Waals surface area (Å²) in [5.74, 6) is 1.14. The van der Waals surface area contributed by atoms with Crippen LogP contribution in [-0.4, -0.2) is 68.7 Å². The highest BCUT2D eigenvalue weighted by Crippen LogP contribution is 2.46. The van der Waals surface area contributed by atoms with E-state index in [1.807, 2.05) is 31.2 Å². The molecule has 5 atom stereocenters. The molecule has 10 heteroatoms. The van der Waals surface area contributed by atoms with Crippen molar-refractivity contribution in [2.75, 3.05) is 25.0 Å². The number of nitrogens with one attached hydrogen (secondary N) is 2. The number of amides is 1. The number of anilines is 1. The highest BCUT2D eigenvalue weighted by molar-refractivity contribution is 5.91. The van der Waals surface area contributed by atoms with Gasteiger partial charge in [0, 0.05) is 37.3 Å². The summed E-state index contributed by atoms with van der Waals surface area (Å²) in [6.45, 7) is 4.96. The van der Waals surface area contributed by atoms with Gasteiger partial charge >= 0.3 is 0 Å². The topological polar surface area (TPSA) is 155 Å². The maximum Gasteiger partial charge on any atom is 0.223 e. The third-order valence-electron chi connectivity index (χ3n) is 8.11. The molecule has 2 aromatic heterocycles. The lowest BCUT2D eigenvalue weighted by molar-refractivity contribution is -0.122. The predicted molar refractivity (Wildman–Crippen MR) is 146 cm³/mol. The number of hydrogen-bond acceptors (Lipinski definition) is 8. The largest absolute Gasteiger partial charge is 0.504 e. The van der Waals surface area contributed by atoms with Crippen LogP contribution in [0, 0.1) is 17.8 Å². The SMILES string of the molecule is CC(N)CN1CCC(Oc2ccc(-c3nc4ncc(O)c(NC5C6C=CC(C6)C5C(N)=O)c4[nH]3)cc2)CC1. The zero-order valence-corrected chi connectivity index (χ0v) is 21.5. The number of H-pyrrole nitrogens is 1. The van der Waals surface area contributed by atoms with E-state index in [4.69, 9.17) is 16.2 Å². The minimum absolute atomic E-state index is 0.00149. The third kappa shape index (κ3) is 4.69. The first-order chi connectivity index (χ1) is 18.4. The Morgan fingerprint density at radius 2 is 1.97 bits per heavy atom. The van der Waals surface area contributed by atoms with Gasteiger partial charge in [0.15, 0.2) is 11.4 Å². The first-order valence-corrected chi connectivity index (χ1v) is 13.4. The Kier molecular flexibility index (Phi) is 6.45. The highest BCUT2D eigenvalue weighted by atomic mass is 16.5. The van der Waals surface area contributed by atoms with Crippen molar-refractivity contribution in [2.24, 2.45) is 29.2 Å². The molecular weight excluding hydrogens is 482 g/mol. The van der Waals surface area contributed by atoms with Crippen LogP contribution in [0.2, 0.25) is 0 Å². The Morgan fingerprint density at radius 3 is 2.68 bits per heavy atom. The fourth-order valence-corrected chi connectivity index (χ4v) is 6.30. The van der Waals surface area contributed by atoms with Crippen LogP contribution in [-0.2, 0) is 4.79 Å². The maximum atomic E-state index is 12.2. The average Bonchev–Trinajstić information content (AvgIpc) is 3.62. The van der Waals surface area contributed by atoms with E-state index in [0.717, 1.165) is 50.2 Å². The second kappa shape index (κ2) is 9.92. The number of carbonyl (C=O) groups excluding carboxylic acids is 1. The van der Waals surface area contributed by atoms with Crippen molar-refractivity contribution < 1.29 is 14.6 Å². The molecule has 6 rings (SSSR count). The van der Waals surface area contributed by atoms with E-state index < -0.39 is 0 Å². The van der Waals surface area contributed by atoms with Crippen molar-refractivity contribution in [1.82, 2.24) is 19.9 Å². The number of likely N-dealkylation sites (tertiary alicyclic amines) is 1. The molecule has 2 aliphatic carbocycles. The summed E-state index contributed by atoms with van der Waals surface area (Å²) in [7, 11) is 0. The second-order valence-corrected chi connectivity index (χ2v) is 11.0. The molecule has 2 fully saturated rings. The quantitative estimate of drug-likeness (QED) is 0.286. The summed E-state index contributed by atoms with van der Waals surface area (Å²) in [5, 5.41) is 14.1. The van der Waals surface area contributed by atoms with E-state index in [0.29, 0.717) is 22.7 Å². The average molecular weight is 518 g/mol. The number of rotatable bonds is 8. The van der Waals surface area contributed by atoms with Crippen LogP contribution in [0.5, 0.6) is 11.5 Å². The Labute approximate surface area is 221 Å². The number of carbonyl (C=O) groups is 1. The number of pyridine rings is 1. The molecule has 7 N–H and O–H groups in total. The molecular formula is C28H35N7O3. The van der Waals surface area contributed by atoms with Gasteiger partial charge in [0.25, 0.3) is 0 Å². The number of aromatic hydroxyl groups is 1. The van der Waals surface area contributed by atoms with Gasteiger partial charge in [-0.05, 0) is 62.3 Å². The second-order valence-electron chi connectivity index (χ2n) is 11.0. The van der Waals surface area contributed by atoms with Crippen molar-refractivity contribution in [3.05, 3.63) is 42.6 Å². The molecule has 0 radical (unpaired) electrons. The lowest BCUT2D eigenvalue weighted by Gasteiger charge is -2.33. The van der Waals surface area contributed by atoms with Crippen LogP contribution in [0.4, 0.5) is 5.69 Å². The Bertz CT molecular complexity index is 1340. The normalized spacial score (nSPS) is 26.2. The number of aromatic amines is 1. The Morgan fingerprint density at radius 1 is 1.24 bits per heavy atom. The van der Waals surface area contributed by atoms with Gasteiger partial charge in [-0.25, -0.2) is 9.97 Å². The molecule has 3 aliphatic rings. The fourth-order valence-electron chi connectivity index (χ4n) is 6.30.